The van der Waals surface area contributed by atoms with E-state index in [1.54, 1.807) is 12.5 Å². The van der Waals surface area contributed by atoms with Gasteiger partial charge in [0.1, 0.15) is 5.76 Å². The zero-order valence-electron chi connectivity index (χ0n) is 11.8. The largest absolute Gasteiger partial charge is 0.467 e. The molecule has 0 saturated carbocycles. The van der Waals surface area contributed by atoms with Gasteiger partial charge in [0, 0.05) is 18.9 Å². The van der Waals surface area contributed by atoms with Gasteiger partial charge in [-0.15, -0.1) is 0 Å². The third-order valence-corrected chi connectivity index (χ3v) is 3.45. The van der Waals surface area contributed by atoms with Crippen LogP contribution in [0.5, 0.6) is 0 Å². The first kappa shape index (κ1) is 13.6. The Kier molecular flexibility index (Phi) is 4.44. The van der Waals surface area contributed by atoms with Gasteiger partial charge in [-0.3, -0.25) is 4.98 Å². The van der Waals surface area contributed by atoms with Crippen molar-refractivity contribution in [1.29, 1.82) is 0 Å². The Hall–Kier alpha value is -2.39. The molecule has 1 N–H and O–H groups in total. The minimum absolute atomic E-state index is 0.0814. The zero-order chi connectivity index (χ0) is 14.3. The standard InChI is InChI=1S/C18H18N2O/c1-2-7-16(8-3-1)18(17-9-5-13-21-17)20-12-10-15-6-4-11-19-14-15/h1-9,11,13-14,18,20H,10,12H2. The number of hydrogen-bond donors (Lipinski definition) is 1. The van der Waals surface area contributed by atoms with Crippen molar-refractivity contribution in [1.82, 2.24) is 10.3 Å². The number of rotatable bonds is 6. The molecule has 0 aliphatic rings. The molecule has 0 bridgehead atoms. The van der Waals surface area contributed by atoms with Crippen LogP contribution in [0.3, 0.4) is 0 Å². The van der Waals surface area contributed by atoms with Gasteiger partial charge in [0.15, 0.2) is 0 Å². The van der Waals surface area contributed by atoms with Gasteiger partial charge in [0.2, 0.25) is 0 Å². The highest BCUT2D eigenvalue weighted by Gasteiger charge is 2.15. The molecule has 2 aromatic heterocycles. The van der Waals surface area contributed by atoms with Crippen molar-refractivity contribution >= 4 is 0 Å². The zero-order valence-corrected chi connectivity index (χ0v) is 11.8. The number of nitrogens with zero attached hydrogens (tertiary/aromatic N) is 1. The van der Waals surface area contributed by atoms with E-state index in [1.165, 1.54) is 11.1 Å². The lowest BCUT2D eigenvalue weighted by Crippen LogP contribution is -2.24. The van der Waals surface area contributed by atoms with Crippen LogP contribution >= 0.6 is 0 Å². The van der Waals surface area contributed by atoms with Crippen LogP contribution in [0.25, 0.3) is 0 Å². The van der Waals surface area contributed by atoms with Crippen molar-refractivity contribution < 1.29 is 4.42 Å². The van der Waals surface area contributed by atoms with Gasteiger partial charge in [-0.1, -0.05) is 36.4 Å². The molecule has 3 rings (SSSR count). The van der Waals surface area contributed by atoms with Crippen molar-refractivity contribution in [3.8, 4) is 0 Å². The molecule has 0 fully saturated rings. The van der Waals surface area contributed by atoms with Gasteiger partial charge in [-0.25, -0.2) is 0 Å². The Bertz CT molecular complexity index is 636. The first-order valence-corrected chi connectivity index (χ1v) is 7.14. The molecule has 106 valence electrons. The maximum atomic E-state index is 5.58. The van der Waals surface area contributed by atoms with Crippen molar-refractivity contribution in [2.45, 2.75) is 12.5 Å². The van der Waals surface area contributed by atoms with Crippen LogP contribution in [0, 0.1) is 0 Å². The van der Waals surface area contributed by atoms with Gasteiger partial charge in [-0.05, 0) is 35.7 Å². The second kappa shape index (κ2) is 6.86. The molecule has 0 spiro atoms. The summed E-state index contributed by atoms with van der Waals surface area (Å²) in [4.78, 5) is 4.14. The van der Waals surface area contributed by atoms with E-state index in [1.807, 2.05) is 42.6 Å². The average Bonchev–Trinajstić information content (AvgIpc) is 3.07. The lowest BCUT2D eigenvalue weighted by molar-refractivity contribution is 0.448. The molecule has 0 aliphatic heterocycles. The highest BCUT2D eigenvalue weighted by molar-refractivity contribution is 5.26. The first-order valence-electron chi connectivity index (χ1n) is 7.14. The third-order valence-electron chi connectivity index (χ3n) is 3.45. The Labute approximate surface area is 124 Å². The smallest absolute Gasteiger partial charge is 0.125 e. The van der Waals surface area contributed by atoms with E-state index in [9.17, 15) is 0 Å². The molecule has 0 aliphatic carbocycles. The average molecular weight is 278 g/mol. The molecule has 21 heavy (non-hydrogen) atoms. The minimum Gasteiger partial charge on any atom is -0.467 e. The number of nitrogens with one attached hydrogen (secondary N) is 1. The number of aromatic nitrogens is 1. The maximum Gasteiger partial charge on any atom is 0.125 e. The quantitative estimate of drug-likeness (QED) is 0.748. The van der Waals surface area contributed by atoms with Gasteiger partial charge < -0.3 is 9.73 Å². The Morgan fingerprint density at radius 1 is 1.00 bits per heavy atom. The van der Waals surface area contributed by atoms with E-state index in [-0.39, 0.29) is 6.04 Å². The predicted molar refractivity (Wildman–Crippen MR) is 82.9 cm³/mol. The Morgan fingerprint density at radius 3 is 2.62 bits per heavy atom. The van der Waals surface area contributed by atoms with Crippen LogP contribution in [0.1, 0.15) is 22.9 Å². The first-order chi connectivity index (χ1) is 10.4. The maximum absolute atomic E-state index is 5.58. The monoisotopic (exact) mass is 278 g/mol. The van der Waals surface area contributed by atoms with E-state index in [4.69, 9.17) is 4.42 Å². The van der Waals surface area contributed by atoms with E-state index in [0.29, 0.717) is 0 Å². The molecule has 3 heteroatoms. The van der Waals surface area contributed by atoms with Gasteiger partial charge in [-0.2, -0.15) is 0 Å². The van der Waals surface area contributed by atoms with E-state index < -0.39 is 0 Å². The SMILES string of the molecule is c1ccc(C(NCCc2cccnc2)c2ccco2)cc1. The topological polar surface area (TPSA) is 38.1 Å². The molecule has 3 nitrogen and oxygen atoms in total. The molecule has 1 aromatic carbocycles. The van der Waals surface area contributed by atoms with Crippen molar-refractivity contribution in [3.63, 3.8) is 0 Å². The molecular formula is C18H18N2O. The molecular weight excluding hydrogens is 260 g/mol. The summed E-state index contributed by atoms with van der Waals surface area (Å²) in [6, 6.07) is 18.4. The number of hydrogen-bond acceptors (Lipinski definition) is 3. The molecule has 0 amide bonds. The fourth-order valence-corrected chi connectivity index (χ4v) is 2.39. The normalized spacial score (nSPS) is 12.2. The second-order valence-corrected chi connectivity index (χ2v) is 4.92. The van der Waals surface area contributed by atoms with Crippen molar-refractivity contribution in [2.75, 3.05) is 6.54 Å². The summed E-state index contributed by atoms with van der Waals surface area (Å²) < 4.78 is 5.58. The van der Waals surface area contributed by atoms with Crippen LogP contribution in [0.15, 0.2) is 77.7 Å². The van der Waals surface area contributed by atoms with Crippen LogP contribution in [-0.4, -0.2) is 11.5 Å². The highest BCUT2D eigenvalue weighted by atomic mass is 16.3. The van der Waals surface area contributed by atoms with Crippen LogP contribution in [0.4, 0.5) is 0 Å². The minimum atomic E-state index is 0.0814. The molecule has 0 saturated heterocycles. The Balaban J connectivity index is 1.69. The van der Waals surface area contributed by atoms with Gasteiger partial charge in [0.05, 0.1) is 12.3 Å². The summed E-state index contributed by atoms with van der Waals surface area (Å²) in [5.74, 6) is 0.937. The summed E-state index contributed by atoms with van der Waals surface area (Å²) in [7, 11) is 0. The second-order valence-electron chi connectivity index (χ2n) is 4.92. The Morgan fingerprint density at radius 2 is 1.90 bits per heavy atom. The van der Waals surface area contributed by atoms with Gasteiger partial charge >= 0.3 is 0 Å². The summed E-state index contributed by atoms with van der Waals surface area (Å²) in [5.41, 5.74) is 2.44. The molecule has 1 unspecified atom stereocenters. The summed E-state index contributed by atoms with van der Waals surface area (Å²) in [6.07, 6.45) is 6.37. The third kappa shape index (κ3) is 3.58. The van der Waals surface area contributed by atoms with Crippen LogP contribution < -0.4 is 5.32 Å². The molecule has 2 heterocycles. The van der Waals surface area contributed by atoms with Crippen LogP contribution in [-0.2, 0) is 6.42 Å². The molecule has 3 aromatic rings. The molecule has 0 radical (unpaired) electrons. The number of furan rings is 1. The fourth-order valence-electron chi connectivity index (χ4n) is 2.39. The van der Waals surface area contributed by atoms with Crippen molar-refractivity contribution in [2.24, 2.45) is 0 Å². The highest BCUT2D eigenvalue weighted by Crippen LogP contribution is 2.22. The summed E-state index contributed by atoms with van der Waals surface area (Å²) in [5, 5.41) is 3.57. The fraction of sp³-hybridized carbons (Fsp3) is 0.167. The van der Waals surface area contributed by atoms with E-state index in [2.05, 4.69) is 28.5 Å². The number of pyridine rings is 1. The summed E-state index contributed by atoms with van der Waals surface area (Å²) >= 11 is 0. The van der Waals surface area contributed by atoms with Crippen LogP contribution in [0.2, 0.25) is 0 Å². The van der Waals surface area contributed by atoms with E-state index in [0.717, 1.165) is 18.7 Å². The predicted octanol–water partition coefficient (Wildman–Crippen LogP) is 3.60. The summed E-state index contributed by atoms with van der Waals surface area (Å²) in [6.45, 7) is 0.867. The lowest BCUT2D eigenvalue weighted by Gasteiger charge is -2.17. The molecule has 1 atom stereocenters. The lowest BCUT2D eigenvalue weighted by atomic mass is 10.0. The number of benzene rings is 1. The van der Waals surface area contributed by atoms with E-state index >= 15 is 0 Å². The van der Waals surface area contributed by atoms with Gasteiger partial charge in [0.25, 0.3) is 0 Å². The van der Waals surface area contributed by atoms with Crippen molar-refractivity contribution in [3.05, 3.63) is 90.1 Å².